The van der Waals surface area contributed by atoms with Gasteiger partial charge in [0.25, 0.3) is 0 Å². The molecule has 0 radical (unpaired) electrons. The molecule has 1 N–H and O–H groups in total. The largest absolute Gasteiger partial charge is 0.315 e. The second kappa shape index (κ2) is 6.83. The van der Waals surface area contributed by atoms with Crippen molar-refractivity contribution in [3.8, 4) is 0 Å². The first-order chi connectivity index (χ1) is 9.69. The lowest BCUT2D eigenvalue weighted by Gasteiger charge is -2.20. The Morgan fingerprint density at radius 2 is 2.00 bits per heavy atom. The lowest BCUT2D eigenvalue weighted by molar-refractivity contribution is 0.432. The van der Waals surface area contributed by atoms with Gasteiger partial charge in [-0.2, -0.15) is 4.31 Å². The highest BCUT2D eigenvalue weighted by molar-refractivity contribution is 8.93. The fraction of sp³-hybridized carbons (Fsp3) is 0.357. The molecule has 2 heterocycles. The molecule has 5 nitrogen and oxygen atoms in total. The Labute approximate surface area is 135 Å². The third kappa shape index (κ3) is 3.26. The summed E-state index contributed by atoms with van der Waals surface area (Å²) in [6.07, 6.45) is 4.16. The molecule has 1 aliphatic rings. The van der Waals surface area contributed by atoms with Gasteiger partial charge in [-0.1, -0.05) is 12.1 Å². The van der Waals surface area contributed by atoms with Crippen LogP contribution in [0.15, 0.2) is 41.6 Å². The van der Waals surface area contributed by atoms with E-state index in [9.17, 15) is 8.42 Å². The molecule has 2 aromatic rings. The number of rotatable bonds is 2. The normalized spacial score (nSPS) is 17.1. The van der Waals surface area contributed by atoms with Gasteiger partial charge in [0.15, 0.2) is 0 Å². The van der Waals surface area contributed by atoms with Crippen LogP contribution < -0.4 is 5.32 Å². The van der Waals surface area contributed by atoms with E-state index in [-0.39, 0.29) is 17.0 Å². The summed E-state index contributed by atoms with van der Waals surface area (Å²) in [5, 5.41) is 4.81. The minimum absolute atomic E-state index is 0. The van der Waals surface area contributed by atoms with Crippen LogP contribution >= 0.6 is 17.0 Å². The molecular formula is C14H18BrN3O2S. The number of halogens is 1. The van der Waals surface area contributed by atoms with Crippen molar-refractivity contribution in [2.24, 2.45) is 0 Å². The number of nitrogens with zero attached hydrogens (tertiary/aromatic N) is 2. The van der Waals surface area contributed by atoms with E-state index in [2.05, 4.69) is 10.3 Å². The fourth-order valence-electron chi connectivity index (χ4n) is 2.52. The number of benzene rings is 1. The molecule has 1 fully saturated rings. The molecule has 0 spiro atoms. The van der Waals surface area contributed by atoms with Gasteiger partial charge in [0.05, 0.1) is 4.90 Å². The van der Waals surface area contributed by atoms with Crippen molar-refractivity contribution in [3.63, 3.8) is 0 Å². The van der Waals surface area contributed by atoms with Crippen LogP contribution in [0.4, 0.5) is 0 Å². The van der Waals surface area contributed by atoms with E-state index in [4.69, 9.17) is 0 Å². The van der Waals surface area contributed by atoms with Crippen molar-refractivity contribution >= 4 is 37.8 Å². The van der Waals surface area contributed by atoms with Crippen LogP contribution in [0.5, 0.6) is 0 Å². The number of fused-ring (bicyclic) bond motifs is 1. The number of hydrogen-bond donors (Lipinski definition) is 1. The first-order valence-corrected chi connectivity index (χ1v) is 8.17. The van der Waals surface area contributed by atoms with Gasteiger partial charge in [-0.05, 0) is 25.1 Å². The Bertz CT molecular complexity index is 708. The minimum atomic E-state index is -3.45. The first-order valence-electron chi connectivity index (χ1n) is 6.73. The van der Waals surface area contributed by atoms with Crippen LogP contribution in [-0.2, 0) is 10.0 Å². The second-order valence-corrected chi connectivity index (χ2v) is 6.77. The highest BCUT2D eigenvalue weighted by Crippen LogP contribution is 2.25. The third-order valence-corrected chi connectivity index (χ3v) is 5.51. The molecule has 0 atom stereocenters. The van der Waals surface area contributed by atoms with Crippen molar-refractivity contribution in [1.29, 1.82) is 0 Å². The molecule has 21 heavy (non-hydrogen) atoms. The fourth-order valence-corrected chi connectivity index (χ4v) is 4.21. The van der Waals surface area contributed by atoms with Crippen LogP contribution in [0.25, 0.3) is 10.8 Å². The zero-order chi connectivity index (χ0) is 14.0. The first kappa shape index (κ1) is 16.4. The Hall–Kier alpha value is -1.02. The van der Waals surface area contributed by atoms with Crippen LogP contribution in [-0.4, -0.2) is 43.9 Å². The molecular weight excluding hydrogens is 354 g/mol. The van der Waals surface area contributed by atoms with E-state index in [0.717, 1.165) is 23.7 Å². The van der Waals surface area contributed by atoms with E-state index < -0.39 is 10.0 Å². The molecule has 1 aliphatic heterocycles. The van der Waals surface area contributed by atoms with E-state index >= 15 is 0 Å². The minimum Gasteiger partial charge on any atom is -0.315 e. The maximum Gasteiger partial charge on any atom is 0.243 e. The molecule has 0 bridgehead atoms. The predicted molar refractivity (Wildman–Crippen MR) is 88.3 cm³/mol. The second-order valence-electron chi connectivity index (χ2n) is 4.86. The maximum absolute atomic E-state index is 12.8. The summed E-state index contributed by atoms with van der Waals surface area (Å²) in [6, 6.07) is 7.09. The third-order valence-electron chi connectivity index (χ3n) is 3.56. The Morgan fingerprint density at radius 3 is 2.86 bits per heavy atom. The zero-order valence-electron chi connectivity index (χ0n) is 11.5. The van der Waals surface area contributed by atoms with E-state index in [0.29, 0.717) is 24.5 Å². The Morgan fingerprint density at radius 1 is 1.14 bits per heavy atom. The SMILES string of the molecule is Br.O=S(=O)(c1cccc2cnccc12)N1CCCNCC1. The molecule has 1 saturated heterocycles. The van der Waals surface area contributed by atoms with Crippen molar-refractivity contribution in [2.45, 2.75) is 11.3 Å². The molecule has 114 valence electrons. The molecule has 0 unspecified atom stereocenters. The molecule has 3 rings (SSSR count). The van der Waals surface area contributed by atoms with Crippen molar-refractivity contribution in [2.75, 3.05) is 26.2 Å². The van der Waals surface area contributed by atoms with Crippen LogP contribution in [0.3, 0.4) is 0 Å². The average Bonchev–Trinajstić information content (AvgIpc) is 2.76. The van der Waals surface area contributed by atoms with Crippen molar-refractivity contribution < 1.29 is 8.42 Å². The molecule has 1 aromatic carbocycles. The topological polar surface area (TPSA) is 62.3 Å². The van der Waals surface area contributed by atoms with Crippen molar-refractivity contribution in [3.05, 3.63) is 36.7 Å². The van der Waals surface area contributed by atoms with Gasteiger partial charge in [-0.3, -0.25) is 4.98 Å². The highest BCUT2D eigenvalue weighted by Gasteiger charge is 2.26. The Kier molecular flexibility index (Phi) is 5.32. The van der Waals surface area contributed by atoms with Gasteiger partial charge < -0.3 is 5.32 Å². The summed E-state index contributed by atoms with van der Waals surface area (Å²) in [6.45, 7) is 2.65. The molecule has 0 saturated carbocycles. The lowest BCUT2D eigenvalue weighted by Crippen LogP contribution is -2.34. The monoisotopic (exact) mass is 371 g/mol. The van der Waals surface area contributed by atoms with Crippen LogP contribution in [0, 0.1) is 0 Å². The number of sulfonamides is 1. The van der Waals surface area contributed by atoms with Gasteiger partial charge in [0.1, 0.15) is 0 Å². The zero-order valence-corrected chi connectivity index (χ0v) is 14.1. The number of hydrogen-bond acceptors (Lipinski definition) is 4. The van der Waals surface area contributed by atoms with E-state index in [1.54, 1.807) is 34.9 Å². The highest BCUT2D eigenvalue weighted by atomic mass is 79.9. The molecule has 7 heteroatoms. The van der Waals surface area contributed by atoms with E-state index in [1.165, 1.54) is 0 Å². The molecule has 0 aliphatic carbocycles. The van der Waals surface area contributed by atoms with Gasteiger partial charge in [-0.25, -0.2) is 8.42 Å². The quantitative estimate of drug-likeness (QED) is 0.873. The van der Waals surface area contributed by atoms with Gasteiger partial charge >= 0.3 is 0 Å². The number of pyridine rings is 1. The van der Waals surface area contributed by atoms with Gasteiger partial charge in [0.2, 0.25) is 10.0 Å². The van der Waals surface area contributed by atoms with Gasteiger partial charge in [-0.15, -0.1) is 17.0 Å². The summed E-state index contributed by atoms with van der Waals surface area (Å²) in [4.78, 5) is 4.42. The summed E-state index contributed by atoms with van der Waals surface area (Å²) in [7, 11) is -3.45. The maximum atomic E-state index is 12.8. The summed E-state index contributed by atoms with van der Waals surface area (Å²) in [5.41, 5.74) is 0. The van der Waals surface area contributed by atoms with E-state index in [1.807, 2.05) is 6.07 Å². The summed E-state index contributed by atoms with van der Waals surface area (Å²) < 4.78 is 27.2. The van der Waals surface area contributed by atoms with Gasteiger partial charge in [0, 0.05) is 42.8 Å². The van der Waals surface area contributed by atoms with Crippen LogP contribution in [0.1, 0.15) is 6.42 Å². The predicted octanol–water partition coefficient (Wildman–Crippen LogP) is 1.80. The Balaban J connectivity index is 0.00000161. The molecule has 0 amide bonds. The lowest BCUT2D eigenvalue weighted by atomic mass is 10.2. The number of aromatic nitrogens is 1. The summed E-state index contributed by atoms with van der Waals surface area (Å²) >= 11 is 0. The molecule has 1 aromatic heterocycles. The summed E-state index contributed by atoms with van der Waals surface area (Å²) in [5.74, 6) is 0. The number of nitrogens with one attached hydrogen (secondary N) is 1. The standard InChI is InChI=1S/C14H17N3O2S.BrH/c18-20(19,17-9-2-6-15-8-10-17)14-4-1-3-12-11-16-7-5-13(12)14;/h1,3-5,7,11,15H,2,6,8-10H2;1H. The van der Waals surface area contributed by atoms with Crippen molar-refractivity contribution in [1.82, 2.24) is 14.6 Å². The smallest absolute Gasteiger partial charge is 0.243 e. The average molecular weight is 372 g/mol. The van der Waals surface area contributed by atoms with Crippen LogP contribution in [0.2, 0.25) is 0 Å².